The van der Waals surface area contributed by atoms with Gasteiger partial charge in [0.25, 0.3) is 0 Å². The Hall–Kier alpha value is -1.37. The van der Waals surface area contributed by atoms with Crippen LogP contribution in [0.15, 0.2) is 24.3 Å². The Labute approximate surface area is 96.7 Å². The van der Waals surface area contributed by atoms with Crippen LogP contribution in [0.4, 0.5) is 0 Å². The van der Waals surface area contributed by atoms with Crippen LogP contribution in [0.25, 0.3) is 0 Å². The molecule has 0 amide bonds. The number of benzene rings is 1. The van der Waals surface area contributed by atoms with E-state index < -0.39 is 5.54 Å². The van der Waals surface area contributed by atoms with Crippen molar-refractivity contribution in [1.29, 1.82) is 5.26 Å². The summed E-state index contributed by atoms with van der Waals surface area (Å²) >= 11 is 0. The molecule has 16 heavy (non-hydrogen) atoms. The number of rotatable bonds is 4. The average Bonchev–Trinajstić information content (AvgIpc) is 2.27. The minimum absolute atomic E-state index is 0.00292. The van der Waals surface area contributed by atoms with E-state index in [0.29, 0.717) is 0 Å². The van der Waals surface area contributed by atoms with E-state index in [1.807, 2.05) is 45.0 Å². The van der Waals surface area contributed by atoms with Crippen LogP contribution >= 0.6 is 0 Å². The first-order chi connectivity index (χ1) is 7.50. The second-order valence-electron chi connectivity index (χ2n) is 4.61. The lowest BCUT2D eigenvalue weighted by Crippen LogP contribution is -2.44. The third-order valence-electron chi connectivity index (χ3n) is 2.56. The Morgan fingerprint density at radius 3 is 2.56 bits per heavy atom. The Morgan fingerprint density at radius 1 is 1.44 bits per heavy atom. The van der Waals surface area contributed by atoms with Crippen LogP contribution in [0.5, 0.6) is 0 Å². The first-order valence-electron chi connectivity index (χ1n) is 5.34. The molecule has 0 saturated carbocycles. The minimum atomic E-state index is -0.456. The molecule has 86 valence electrons. The Balaban J connectivity index is 2.93. The maximum atomic E-state index is 9.18. The van der Waals surface area contributed by atoms with Crippen molar-refractivity contribution in [2.24, 2.45) is 0 Å². The minimum Gasteiger partial charge on any atom is -0.394 e. The summed E-state index contributed by atoms with van der Waals surface area (Å²) in [6.07, 6.45) is 0. The molecule has 0 saturated heterocycles. The number of nitriles is 1. The number of nitrogens with zero attached hydrogens (tertiary/aromatic N) is 1. The van der Waals surface area contributed by atoms with Gasteiger partial charge >= 0.3 is 0 Å². The largest absolute Gasteiger partial charge is 0.394 e. The van der Waals surface area contributed by atoms with Crippen molar-refractivity contribution in [3.05, 3.63) is 35.4 Å². The predicted molar refractivity (Wildman–Crippen MR) is 63.8 cm³/mol. The number of hydrogen-bond donors (Lipinski definition) is 2. The van der Waals surface area contributed by atoms with Crippen molar-refractivity contribution in [2.45, 2.75) is 32.4 Å². The van der Waals surface area contributed by atoms with Crippen LogP contribution in [0.3, 0.4) is 0 Å². The Bertz CT molecular complexity index is 393. The SMILES string of the molecule is Cc1ccccc1C(C#N)NC(C)(C)CO. The van der Waals surface area contributed by atoms with Crippen LogP contribution in [-0.4, -0.2) is 17.3 Å². The second-order valence-corrected chi connectivity index (χ2v) is 4.61. The molecule has 1 aromatic rings. The lowest BCUT2D eigenvalue weighted by atomic mass is 9.98. The van der Waals surface area contributed by atoms with Gasteiger partial charge in [0.15, 0.2) is 0 Å². The molecule has 0 aliphatic heterocycles. The van der Waals surface area contributed by atoms with Gasteiger partial charge in [0, 0.05) is 5.54 Å². The smallest absolute Gasteiger partial charge is 0.122 e. The highest BCUT2D eigenvalue weighted by molar-refractivity contribution is 5.32. The second kappa shape index (κ2) is 5.11. The molecule has 0 fully saturated rings. The first-order valence-corrected chi connectivity index (χ1v) is 5.34. The lowest BCUT2D eigenvalue weighted by molar-refractivity contribution is 0.182. The summed E-state index contributed by atoms with van der Waals surface area (Å²) < 4.78 is 0. The van der Waals surface area contributed by atoms with E-state index in [1.165, 1.54) is 0 Å². The number of nitrogens with one attached hydrogen (secondary N) is 1. The van der Waals surface area contributed by atoms with Gasteiger partial charge in [-0.1, -0.05) is 24.3 Å². The molecule has 1 atom stereocenters. The highest BCUT2D eigenvalue weighted by Crippen LogP contribution is 2.19. The van der Waals surface area contributed by atoms with Gasteiger partial charge in [-0.3, -0.25) is 5.32 Å². The van der Waals surface area contributed by atoms with Crippen LogP contribution in [0, 0.1) is 18.3 Å². The third-order valence-corrected chi connectivity index (χ3v) is 2.56. The number of aryl methyl sites for hydroxylation is 1. The maximum absolute atomic E-state index is 9.18. The highest BCUT2D eigenvalue weighted by atomic mass is 16.3. The monoisotopic (exact) mass is 218 g/mol. The third kappa shape index (κ3) is 3.06. The van der Waals surface area contributed by atoms with Gasteiger partial charge in [0.1, 0.15) is 6.04 Å². The van der Waals surface area contributed by atoms with Gasteiger partial charge in [-0.05, 0) is 31.9 Å². The van der Waals surface area contributed by atoms with Gasteiger partial charge in [-0.2, -0.15) is 5.26 Å². The summed E-state index contributed by atoms with van der Waals surface area (Å²) in [6.45, 7) is 5.72. The van der Waals surface area contributed by atoms with E-state index in [9.17, 15) is 5.11 Å². The van der Waals surface area contributed by atoms with Crippen LogP contribution in [-0.2, 0) is 0 Å². The molecule has 0 radical (unpaired) electrons. The molecule has 3 heteroatoms. The van der Waals surface area contributed by atoms with E-state index >= 15 is 0 Å². The molecule has 1 unspecified atom stereocenters. The zero-order chi connectivity index (χ0) is 12.2. The number of hydrogen-bond acceptors (Lipinski definition) is 3. The summed E-state index contributed by atoms with van der Waals surface area (Å²) in [5.41, 5.74) is 1.59. The van der Waals surface area contributed by atoms with E-state index in [1.54, 1.807) is 0 Å². The quantitative estimate of drug-likeness (QED) is 0.811. The van der Waals surface area contributed by atoms with Crippen molar-refractivity contribution in [2.75, 3.05) is 6.61 Å². The maximum Gasteiger partial charge on any atom is 0.122 e. The summed E-state index contributed by atoms with van der Waals surface area (Å²) in [6, 6.07) is 9.62. The molecule has 0 aromatic heterocycles. The molecule has 0 spiro atoms. The van der Waals surface area contributed by atoms with Crippen molar-refractivity contribution >= 4 is 0 Å². The average molecular weight is 218 g/mol. The van der Waals surface area contributed by atoms with Crippen molar-refractivity contribution < 1.29 is 5.11 Å². The lowest BCUT2D eigenvalue weighted by Gasteiger charge is -2.27. The summed E-state index contributed by atoms with van der Waals surface area (Å²) in [5, 5.41) is 21.5. The van der Waals surface area contributed by atoms with E-state index in [4.69, 9.17) is 5.26 Å². The fourth-order valence-electron chi connectivity index (χ4n) is 1.53. The summed E-state index contributed by atoms with van der Waals surface area (Å²) in [7, 11) is 0. The molecule has 1 rings (SSSR count). The zero-order valence-electron chi connectivity index (χ0n) is 9.99. The molecule has 0 heterocycles. The van der Waals surface area contributed by atoms with E-state index in [-0.39, 0.29) is 12.6 Å². The molecule has 0 aliphatic carbocycles. The van der Waals surface area contributed by atoms with Crippen LogP contribution < -0.4 is 5.32 Å². The van der Waals surface area contributed by atoms with Gasteiger partial charge in [0.2, 0.25) is 0 Å². The number of aliphatic hydroxyl groups excluding tert-OH is 1. The van der Waals surface area contributed by atoms with Crippen molar-refractivity contribution in [3.63, 3.8) is 0 Å². The Kier molecular flexibility index (Phi) is 4.05. The molecule has 0 aliphatic rings. The Morgan fingerprint density at radius 2 is 2.06 bits per heavy atom. The molecule has 2 N–H and O–H groups in total. The number of aliphatic hydroxyl groups is 1. The summed E-state index contributed by atoms with van der Waals surface area (Å²) in [4.78, 5) is 0. The molecule has 1 aromatic carbocycles. The molecular weight excluding hydrogens is 200 g/mol. The van der Waals surface area contributed by atoms with Gasteiger partial charge in [-0.15, -0.1) is 0 Å². The molecular formula is C13H18N2O. The topological polar surface area (TPSA) is 56.0 Å². The predicted octanol–water partition coefficient (Wildman–Crippen LogP) is 1.92. The van der Waals surface area contributed by atoms with Crippen LogP contribution in [0.1, 0.15) is 31.0 Å². The zero-order valence-corrected chi connectivity index (χ0v) is 9.99. The first kappa shape index (κ1) is 12.7. The standard InChI is InChI=1S/C13H18N2O/c1-10-6-4-5-7-11(10)12(8-14)15-13(2,3)9-16/h4-7,12,15-16H,9H2,1-3H3. The van der Waals surface area contributed by atoms with E-state index in [2.05, 4.69) is 11.4 Å². The van der Waals surface area contributed by atoms with Gasteiger partial charge in [-0.25, -0.2) is 0 Å². The van der Waals surface area contributed by atoms with Crippen LogP contribution in [0.2, 0.25) is 0 Å². The fourth-order valence-corrected chi connectivity index (χ4v) is 1.53. The van der Waals surface area contributed by atoms with Crippen molar-refractivity contribution in [3.8, 4) is 6.07 Å². The van der Waals surface area contributed by atoms with Gasteiger partial charge < -0.3 is 5.11 Å². The highest BCUT2D eigenvalue weighted by Gasteiger charge is 2.22. The van der Waals surface area contributed by atoms with Gasteiger partial charge in [0.05, 0.1) is 12.7 Å². The normalized spacial score (nSPS) is 13.2. The molecule has 0 bridgehead atoms. The molecule has 3 nitrogen and oxygen atoms in total. The van der Waals surface area contributed by atoms with Crippen molar-refractivity contribution in [1.82, 2.24) is 5.32 Å². The fraction of sp³-hybridized carbons (Fsp3) is 0.462. The van der Waals surface area contributed by atoms with E-state index in [0.717, 1.165) is 11.1 Å². The summed E-state index contributed by atoms with van der Waals surface area (Å²) in [5.74, 6) is 0.